The van der Waals surface area contributed by atoms with Gasteiger partial charge in [0.25, 0.3) is 5.91 Å². The van der Waals surface area contributed by atoms with Crippen LogP contribution < -0.4 is 25.4 Å². The number of amides is 7. The monoisotopic (exact) mass is 782 g/mol. The number of likely N-dealkylation sites (N-methyl/N-ethyl adjacent to an activating group) is 1. The first-order valence-electron chi connectivity index (χ1n) is 16.9. The highest BCUT2D eigenvalue weighted by molar-refractivity contribution is 7.88. The molecule has 3 saturated heterocycles. The van der Waals surface area contributed by atoms with Gasteiger partial charge >= 0.3 is 35.8 Å². The van der Waals surface area contributed by atoms with E-state index in [0.717, 1.165) is 30.9 Å². The highest BCUT2D eigenvalue weighted by Crippen LogP contribution is 2.50. The highest BCUT2D eigenvalue weighted by atomic mass is 32.2. The number of nitrogens with zero attached hydrogens (tertiary/aromatic N) is 3. The van der Waals surface area contributed by atoms with E-state index in [1.54, 1.807) is 37.3 Å². The molecule has 3 aliphatic rings. The lowest BCUT2D eigenvalue weighted by Crippen LogP contribution is -2.84. The van der Waals surface area contributed by atoms with Crippen LogP contribution in [0, 0.1) is 0 Å². The van der Waals surface area contributed by atoms with Gasteiger partial charge in [0.15, 0.2) is 17.5 Å². The molecular weight excluding hydrogens is 744 g/mol. The van der Waals surface area contributed by atoms with Crippen LogP contribution in [0.5, 0.6) is 11.5 Å². The minimum atomic E-state index is -2.29. The van der Waals surface area contributed by atoms with Gasteiger partial charge in [-0.3, -0.25) is 47.6 Å². The maximum absolute atomic E-state index is 14.3. The Balaban J connectivity index is 1.49. The maximum Gasteiger partial charge on any atom is 0.330 e. The summed E-state index contributed by atoms with van der Waals surface area (Å²) in [5.41, 5.74) is 0.495. The van der Waals surface area contributed by atoms with Crippen molar-refractivity contribution in [1.82, 2.24) is 30.7 Å². The zero-order valence-corrected chi connectivity index (χ0v) is 31.1. The first kappa shape index (κ1) is 40.0. The summed E-state index contributed by atoms with van der Waals surface area (Å²) in [5.74, 6) is -7.38. The second-order valence-electron chi connectivity index (χ2n) is 13.1. The van der Waals surface area contributed by atoms with Gasteiger partial charge in [-0.25, -0.2) is 9.59 Å². The second-order valence-corrected chi connectivity index (χ2v) is 15.3. The number of piperazine rings is 1. The molecule has 3 aliphatic heterocycles. The summed E-state index contributed by atoms with van der Waals surface area (Å²) in [6, 6.07) is 5.79. The number of fused-ring (bicyclic) bond motifs is 1. The van der Waals surface area contributed by atoms with Gasteiger partial charge in [-0.05, 0) is 44.0 Å². The topological polar surface area (TPSA) is 244 Å². The van der Waals surface area contributed by atoms with Crippen molar-refractivity contribution in [2.45, 2.75) is 69.1 Å². The molecule has 20 heteroatoms. The highest BCUT2D eigenvalue weighted by Gasteiger charge is 2.78. The summed E-state index contributed by atoms with van der Waals surface area (Å²) in [4.78, 5) is 117. The summed E-state index contributed by atoms with van der Waals surface area (Å²) < 4.78 is 28.5. The van der Waals surface area contributed by atoms with Crippen LogP contribution in [-0.4, -0.2) is 114 Å². The van der Waals surface area contributed by atoms with Crippen LogP contribution >= 0.6 is 0 Å². The fourth-order valence-electron chi connectivity index (χ4n) is 6.59. The van der Waals surface area contributed by atoms with Crippen molar-refractivity contribution >= 4 is 64.8 Å². The van der Waals surface area contributed by atoms with E-state index in [-0.39, 0.29) is 49.7 Å². The molecule has 0 aliphatic carbocycles. The lowest BCUT2D eigenvalue weighted by atomic mass is 9.92. The fourth-order valence-corrected chi connectivity index (χ4v) is 8.70. The number of esters is 3. The summed E-state index contributed by atoms with van der Waals surface area (Å²) >= 11 is 0. The van der Waals surface area contributed by atoms with Crippen LogP contribution in [0.15, 0.2) is 48.5 Å². The molecule has 55 heavy (non-hydrogen) atoms. The molecule has 7 amide bonds. The van der Waals surface area contributed by atoms with E-state index < -0.39 is 86.2 Å². The van der Waals surface area contributed by atoms with Crippen molar-refractivity contribution in [3.05, 3.63) is 59.7 Å². The summed E-state index contributed by atoms with van der Waals surface area (Å²) in [6.45, 7) is 6.43. The number of imide groups is 1. The predicted molar refractivity (Wildman–Crippen MR) is 187 cm³/mol. The Kier molecular flexibility index (Phi) is 11.4. The Morgan fingerprint density at radius 2 is 1.60 bits per heavy atom. The molecule has 292 valence electrons. The molecule has 5 atom stereocenters. The number of ether oxygens (including phenoxy) is 3. The SMILES string of the molecule is CCN1CCN(C(=O)NC(C(=O)N[C@@H]2C(=O)N3[C@@H](C(=O)OCc4ccccc4)C(C)(C)S(=O)C23NC=O)c2ccc(OC(C)=O)c(OC(C)=O)c2)C(=O)C1=O. The van der Waals surface area contributed by atoms with Gasteiger partial charge in [0, 0.05) is 33.5 Å². The van der Waals surface area contributed by atoms with Crippen molar-refractivity contribution in [1.29, 1.82) is 0 Å². The molecule has 0 spiro atoms. The normalized spacial score (nSPS) is 23.1. The molecule has 0 radical (unpaired) electrons. The third-order valence-electron chi connectivity index (χ3n) is 9.18. The molecule has 3 heterocycles. The van der Waals surface area contributed by atoms with Crippen molar-refractivity contribution < 1.29 is 61.6 Å². The van der Waals surface area contributed by atoms with Gasteiger partial charge in [0.05, 0.1) is 15.5 Å². The maximum atomic E-state index is 14.3. The van der Waals surface area contributed by atoms with Crippen LogP contribution in [-0.2, 0) is 60.5 Å². The number of benzene rings is 2. The van der Waals surface area contributed by atoms with E-state index in [4.69, 9.17) is 14.2 Å². The van der Waals surface area contributed by atoms with Gasteiger partial charge in [-0.1, -0.05) is 36.4 Å². The number of rotatable bonds is 12. The van der Waals surface area contributed by atoms with Crippen LogP contribution in [0.3, 0.4) is 0 Å². The van der Waals surface area contributed by atoms with E-state index in [0.29, 0.717) is 10.5 Å². The molecule has 19 nitrogen and oxygen atoms in total. The standard InChI is InChI=1S/C35H38N6O13S/c1-6-39-14-15-40(31(48)30(39)47)33(50)37-25(22-12-13-23(53-19(2)43)24(16-22)54-20(3)44)28(45)38-26-29(46)41-27(32(49)52-17-21-10-8-7-9-11-21)34(4,5)55(51)35(26,41)36-18-42/h7-13,16,18,25-27H,6,14-15,17H2,1-5H3,(H,36,42)(H,37,50)(H,38,45)/t25?,26-,27+,35?,55?/m1/s1. The van der Waals surface area contributed by atoms with E-state index in [2.05, 4.69) is 16.0 Å². The quantitative estimate of drug-likeness (QED) is 0.0799. The number of carbonyl (C=O) groups excluding carboxylic acids is 9. The predicted octanol–water partition coefficient (Wildman–Crippen LogP) is -0.642. The van der Waals surface area contributed by atoms with E-state index >= 15 is 0 Å². The largest absolute Gasteiger partial charge is 0.459 e. The molecule has 2 aromatic rings. The number of nitrogens with one attached hydrogen (secondary N) is 3. The summed E-state index contributed by atoms with van der Waals surface area (Å²) in [6.07, 6.45) is 0.154. The van der Waals surface area contributed by atoms with E-state index in [9.17, 15) is 47.4 Å². The zero-order valence-electron chi connectivity index (χ0n) is 30.3. The lowest BCUT2D eigenvalue weighted by Gasteiger charge is -2.52. The van der Waals surface area contributed by atoms with Gasteiger partial charge in [-0.15, -0.1) is 0 Å². The number of β-lactam (4-membered cyclic amide) rings is 1. The third kappa shape index (κ3) is 7.36. The zero-order chi connectivity index (χ0) is 40.4. The van der Waals surface area contributed by atoms with Crippen LogP contribution in [0.2, 0.25) is 0 Å². The number of carbonyl (C=O) groups is 9. The Hall–Kier alpha value is -6.18. The molecular formula is C35H38N6O13S. The van der Waals surface area contributed by atoms with Crippen molar-refractivity contribution in [3.63, 3.8) is 0 Å². The number of urea groups is 1. The van der Waals surface area contributed by atoms with Gasteiger partial charge in [0.2, 0.25) is 17.3 Å². The smallest absolute Gasteiger partial charge is 0.330 e. The van der Waals surface area contributed by atoms with Crippen LogP contribution in [0.25, 0.3) is 0 Å². The summed E-state index contributed by atoms with van der Waals surface area (Å²) in [7, 11) is -2.29. The average Bonchev–Trinajstić information content (AvgIpc) is 3.29. The Morgan fingerprint density at radius 1 is 0.945 bits per heavy atom. The summed E-state index contributed by atoms with van der Waals surface area (Å²) in [5, 5.41) is 7.14. The lowest BCUT2D eigenvalue weighted by molar-refractivity contribution is -0.174. The molecule has 2 aromatic carbocycles. The molecule has 3 N–H and O–H groups in total. The Labute approximate surface area is 316 Å². The van der Waals surface area contributed by atoms with Gasteiger partial charge in [-0.2, -0.15) is 0 Å². The molecule has 3 unspecified atom stereocenters. The van der Waals surface area contributed by atoms with Gasteiger partial charge in [0.1, 0.15) is 18.7 Å². The molecule has 5 rings (SSSR count). The third-order valence-corrected chi connectivity index (χ3v) is 11.5. The average molecular weight is 783 g/mol. The van der Waals surface area contributed by atoms with Crippen molar-refractivity contribution in [2.24, 2.45) is 0 Å². The Morgan fingerprint density at radius 3 is 2.22 bits per heavy atom. The van der Waals surface area contributed by atoms with Gasteiger partial charge < -0.3 is 35.1 Å². The minimum absolute atomic E-state index is 0.00187. The van der Waals surface area contributed by atoms with Crippen LogP contribution in [0.4, 0.5) is 4.79 Å². The number of hydrogen-bond acceptors (Lipinski definition) is 13. The van der Waals surface area contributed by atoms with E-state index in [1.807, 2.05) is 0 Å². The van der Waals surface area contributed by atoms with Crippen molar-refractivity contribution in [3.8, 4) is 11.5 Å². The van der Waals surface area contributed by atoms with Crippen LogP contribution in [0.1, 0.15) is 51.8 Å². The first-order valence-corrected chi connectivity index (χ1v) is 18.0. The fraction of sp³-hybridized carbons (Fsp3) is 0.400. The first-order chi connectivity index (χ1) is 26.0. The second kappa shape index (κ2) is 15.7. The molecule has 3 fully saturated rings. The minimum Gasteiger partial charge on any atom is -0.459 e. The van der Waals surface area contributed by atoms with Crippen molar-refractivity contribution in [2.75, 3.05) is 19.6 Å². The Bertz CT molecular complexity index is 1990. The molecule has 0 aromatic heterocycles. The molecule has 0 bridgehead atoms. The van der Waals surface area contributed by atoms with E-state index in [1.165, 1.54) is 24.8 Å². The number of hydrogen-bond donors (Lipinski definition) is 3. The molecule has 0 saturated carbocycles.